The highest BCUT2D eigenvalue weighted by atomic mass is 35.5. The number of halogens is 1. The molecule has 8 nitrogen and oxygen atoms in total. The maximum atomic E-state index is 12.0. The second-order valence-corrected chi connectivity index (χ2v) is 7.04. The highest BCUT2D eigenvalue weighted by Gasteiger charge is 2.54. The van der Waals surface area contributed by atoms with E-state index in [4.69, 9.17) is 11.1 Å². The summed E-state index contributed by atoms with van der Waals surface area (Å²) in [4.78, 5) is 24.0. The largest absolute Gasteiger partial charge is 0.370 e. The van der Waals surface area contributed by atoms with Crippen molar-refractivity contribution in [3.8, 4) is 0 Å². The number of nitrogens with zero attached hydrogens (tertiary/aromatic N) is 1. The maximum Gasteiger partial charge on any atom is 0.236 e. The number of carbonyl (C=O) groups is 2. The van der Waals surface area contributed by atoms with Crippen LogP contribution in [0.1, 0.15) is 26.7 Å². The molecule has 4 N–H and O–H groups in total. The van der Waals surface area contributed by atoms with Crippen LogP contribution in [0.4, 0.5) is 0 Å². The lowest BCUT2D eigenvalue weighted by molar-refractivity contribution is -0.160. The maximum absolute atomic E-state index is 12.0. The molecule has 0 saturated carbocycles. The van der Waals surface area contributed by atoms with Crippen LogP contribution in [-0.4, -0.2) is 48.8 Å². The molecule has 21 heavy (non-hydrogen) atoms. The third-order valence-electron chi connectivity index (χ3n) is 3.27. The molecule has 1 rings (SSSR count). The summed E-state index contributed by atoms with van der Waals surface area (Å²) in [6, 6.07) is 0. The number of sulfone groups is 1. The Kier molecular flexibility index (Phi) is 7.11. The highest BCUT2D eigenvalue weighted by Crippen LogP contribution is 2.34. The molecule has 10 heteroatoms. The molecule has 2 amide bonds. The van der Waals surface area contributed by atoms with Crippen LogP contribution in [0.15, 0.2) is 0 Å². The molecule has 1 heterocycles. The molecule has 0 aromatic rings. The van der Waals surface area contributed by atoms with E-state index in [-0.39, 0.29) is 24.1 Å². The summed E-state index contributed by atoms with van der Waals surface area (Å²) in [5.74, 6) is -1.96. The Labute approximate surface area is 130 Å². The number of hydrogen-bond donors (Lipinski definition) is 3. The van der Waals surface area contributed by atoms with E-state index in [9.17, 15) is 18.0 Å². The zero-order valence-electron chi connectivity index (χ0n) is 12.0. The average molecular weight is 341 g/mol. The Morgan fingerprint density at radius 3 is 2.48 bits per heavy atom. The summed E-state index contributed by atoms with van der Waals surface area (Å²) in [6.07, 6.45) is 0.838. The molecule has 2 atom stereocenters. The Morgan fingerprint density at radius 1 is 1.48 bits per heavy atom. The molecule has 0 aromatic heterocycles. The first-order valence-corrected chi connectivity index (χ1v) is 8.07. The van der Waals surface area contributed by atoms with Crippen molar-refractivity contribution in [3.63, 3.8) is 0 Å². The van der Waals surface area contributed by atoms with Gasteiger partial charge in [0.25, 0.3) is 0 Å². The zero-order chi connectivity index (χ0) is 15.5. The van der Waals surface area contributed by atoms with Crippen LogP contribution >= 0.6 is 12.4 Å². The predicted octanol–water partition coefficient (Wildman–Crippen LogP) is -0.563. The van der Waals surface area contributed by atoms with Crippen molar-refractivity contribution in [2.45, 2.75) is 32.1 Å². The summed E-state index contributed by atoms with van der Waals surface area (Å²) in [6.45, 7) is 3.06. The fourth-order valence-electron chi connectivity index (χ4n) is 2.25. The molecular formula is C11H21ClN4O4S. The van der Waals surface area contributed by atoms with E-state index in [0.29, 0.717) is 19.4 Å². The number of imide groups is 1. The van der Waals surface area contributed by atoms with Crippen LogP contribution < -0.4 is 11.1 Å². The van der Waals surface area contributed by atoms with Gasteiger partial charge >= 0.3 is 0 Å². The SMILES string of the molecule is CCS(=O)(=O)[C@@H]1[C@@H](CCCNC(=N)N)C(=O)N1C(C)=O.Cl. The van der Waals surface area contributed by atoms with Crippen LogP contribution in [0.25, 0.3) is 0 Å². The molecule has 1 saturated heterocycles. The van der Waals surface area contributed by atoms with E-state index in [0.717, 1.165) is 4.90 Å². The number of amides is 2. The molecule has 1 fully saturated rings. The lowest BCUT2D eigenvalue weighted by atomic mass is 9.93. The summed E-state index contributed by atoms with van der Waals surface area (Å²) >= 11 is 0. The smallest absolute Gasteiger partial charge is 0.236 e. The molecule has 0 aliphatic carbocycles. The summed E-state index contributed by atoms with van der Waals surface area (Å²) in [5.41, 5.74) is 5.12. The molecule has 122 valence electrons. The van der Waals surface area contributed by atoms with Gasteiger partial charge in [-0.15, -0.1) is 12.4 Å². The Bertz CT molecular complexity index is 522. The summed E-state index contributed by atoms with van der Waals surface area (Å²) < 4.78 is 24.0. The summed E-state index contributed by atoms with van der Waals surface area (Å²) in [7, 11) is -3.49. The molecule has 1 aliphatic heterocycles. The number of guanidine groups is 1. The quantitative estimate of drug-likeness (QED) is 0.257. The number of hydrogen-bond acceptors (Lipinski definition) is 5. The van der Waals surface area contributed by atoms with Gasteiger partial charge in [0.2, 0.25) is 11.8 Å². The van der Waals surface area contributed by atoms with Gasteiger partial charge in [0.15, 0.2) is 21.2 Å². The van der Waals surface area contributed by atoms with Crippen molar-refractivity contribution >= 4 is 40.0 Å². The molecule has 0 spiro atoms. The second kappa shape index (κ2) is 7.60. The van der Waals surface area contributed by atoms with Gasteiger partial charge in [-0.2, -0.15) is 0 Å². The Hall–Kier alpha value is -1.35. The zero-order valence-corrected chi connectivity index (χ0v) is 13.6. The second-order valence-electron chi connectivity index (χ2n) is 4.66. The highest BCUT2D eigenvalue weighted by molar-refractivity contribution is 7.92. The van der Waals surface area contributed by atoms with E-state index in [2.05, 4.69) is 5.32 Å². The number of likely N-dealkylation sites (tertiary alicyclic amines) is 1. The van der Waals surface area contributed by atoms with Gasteiger partial charge in [-0.1, -0.05) is 6.92 Å². The van der Waals surface area contributed by atoms with Crippen molar-refractivity contribution < 1.29 is 18.0 Å². The van der Waals surface area contributed by atoms with Crippen molar-refractivity contribution in [2.24, 2.45) is 11.7 Å². The number of rotatable bonds is 6. The minimum absolute atomic E-state index is 0. The van der Waals surface area contributed by atoms with Gasteiger partial charge in [0, 0.05) is 19.2 Å². The van der Waals surface area contributed by atoms with Crippen molar-refractivity contribution in [2.75, 3.05) is 12.3 Å². The van der Waals surface area contributed by atoms with Crippen molar-refractivity contribution in [1.29, 1.82) is 5.41 Å². The van der Waals surface area contributed by atoms with Crippen LogP contribution in [0.3, 0.4) is 0 Å². The Balaban J connectivity index is 0.00000400. The van der Waals surface area contributed by atoms with Crippen LogP contribution in [0, 0.1) is 11.3 Å². The van der Waals surface area contributed by atoms with E-state index in [1.165, 1.54) is 13.8 Å². The number of β-lactam (4-membered cyclic amide) rings is 1. The fraction of sp³-hybridized carbons (Fsp3) is 0.727. The lowest BCUT2D eigenvalue weighted by Crippen LogP contribution is -2.65. The third kappa shape index (κ3) is 4.31. The first kappa shape index (κ1) is 19.7. The number of nitrogens with two attached hydrogens (primary N) is 1. The van der Waals surface area contributed by atoms with Crippen LogP contribution in [0.5, 0.6) is 0 Å². The first-order chi connectivity index (χ1) is 9.22. The standard InChI is InChI=1S/C11H20N4O4S.ClH/c1-3-20(18,19)10-8(5-4-6-14-11(12)13)9(17)15(10)7(2)16;/h8,10H,3-6H2,1-2H3,(H4,12,13,14);1H/t8-,10+;/m0./s1. The molecule has 0 radical (unpaired) electrons. The number of carbonyl (C=O) groups excluding carboxylic acids is 2. The molecule has 0 unspecified atom stereocenters. The van der Waals surface area contributed by atoms with Crippen molar-refractivity contribution in [1.82, 2.24) is 10.2 Å². The molecule has 1 aliphatic rings. The fourth-order valence-corrected chi connectivity index (χ4v) is 3.92. The van der Waals surface area contributed by atoms with Crippen LogP contribution in [-0.2, 0) is 19.4 Å². The van der Waals surface area contributed by atoms with Gasteiger partial charge < -0.3 is 11.1 Å². The summed E-state index contributed by atoms with van der Waals surface area (Å²) in [5, 5.41) is 8.53. The third-order valence-corrected chi connectivity index (χ3v) is 5.35. The average Bonchev–Trinajstić information content (AvgIpc) is 2.34. The van der Waals surface area contributed by atoms with E-state index >= 15 is 0 Å². The molecule has 0 aromatic carbocycles. The molecular weight excluding hydrogens is 320 g/mol. The first-order valence-electron chi connectivity index (χ1n) is 6.35. The van der Waals surface area contributed by atoms with Gasteiger partial charge in [0.05, 0.1) is 5.92 Å². The van der Waals surface area contributed by atoms with Gasteiger partial charge in [-0.05, 0) is 12.8 Å². The predicted molar refractivity (Wildman–Crippen MR) is 80.7 cm³/mol. The van der Waals surface area contributed by atoms with Gasteiger partial charge in [0.1, 0.15) is 0 Å². The van der Waals surface area contributed by atoms with E-state index in [1.54, 1.807) is 0 Å². The topological polar surface area (TPSA) is 133 Å². The Morgan fingerprint density at radius 2 is 2.05 bits per heavy atom. The minimum Gasteiger partial charge on any atom is -0.370 e. The van der Waals surface area contributed by atoms with E-state index in [1.807, 2.05) is 0 Å². The van der Waals surface area contributed by atoms with Crippen molar-refractivity contribution in [3.05, 3.63) is 0 Å². The minimum atomic E-state index is -3.49. The van der Waals surface area contributed by atoms with Gasteiger partial charge in [-0.25, -0.2) is 8.42 Å². The molecule has 0 bridgehead atoms. The van der Waals surface area contributed by atoms with Gasteiger partial charge in [-0.3, -0.25) is 19.9 Å². The lowest BCUT2D eigenvalue weighted by Gasteiger charge is -2.44. The normalized spacial score (nSPS) is 21.2. The van der Waals surface area contributed by atoms with Crippen LogP contribution in [0.2, 0.25) is 0 Å². The van der Waals surface area contributed by atoms with E-state index < -0.39 is 32.9 Å². The number of nitrogens with one attached hydrogen (secondary N) is 2. The monoisotopic (exact) mass is 340 g/mol.